The number of amides is 2. The van der Waals surface area contributed by atoms with Crippen LogP contribution in [0, 0.1) is 5.92 Å². The van der Waals surface area contributed by atoms with Crippen LogP contribution in [-0.2, 0) is 32.8 Å². The van der Waals surface area contributed by atoms with Gasteiger partial charge >= 0.3 is 12.0 Å². The minimum Gasteiger partial charge on any atom is -0.467 e. The molecule has 1 fully saturated rings. The van der Waals surface area contributed by atoms with E-state index in [0.717, 1.165) is 0 Å². The third-order valence-corrected chi connectivity index (χ3v) is 8.43. The molecular weight excluding hydrogens is 470 g/mol. The highest BCUT2D eigenvalue weighted by atomic mass is 32.2. The van der Waals surface area contributed by atoms with Gasteiger partial charge in [0.1, 0.15) is 17.6 Å². The number of thioether (sulfide) groups is 1. The maximum absolute atomic E-state index is 12.7. The van der Waals surface area contributed by atoms with Gasteiger partial charge in [-0.1, -0.05) is 11.8 Å². The van der Waals surface area contributed by atoms with Gasteiger partial charge in [-0.15, -0.1) is 10.2 Å². The molecule has 33 heavy (non-hydrogen) atoms. The summed E-state index contributed by atoms with van der Waals surface area (Å²) in [4.78, 5) is 25.0. The number of carbonyl (C=O) groups excluding carboxylic acids is 2. The van der Waals surface area contributed by atoms with Gasteiger partial charge in [-0.2, -0.15) is 0 Å². The molecule has 0 radical (unpaired) electrons. The summed E-state index contributed by atoms with van der Waals surface area (Å²) >= 11 is 1.31. The minimum atomic E-state index is -2.96. The molecule has 2 N–H and O–H groups in total. The summed E-state index contributed by atoms with van der Waals surface area (Å²) in [6, 6.07) is 2.12. The normalized spacial score (nSPS) is 22.2. The quantitative estimate of drug-likeness (QED) is 0.409. The van der Waals surface area contributed by atoms with Crippen LogP contribution in [0.1, 0.15) is 31.0 Å². The SMILES string of the molecule is CCOC(=O)C1=C(CSc2nnc(CC3CCS(=O)(=O)C3)n2C)NC(=O)NC1c1ccco1. The van der Waals surface area contributed by atoms with Gasteiger partial charge in [-0.25, -0.2) is 18.0 Å². The molecule has 4 rings (SSSR count). The summed E-state index contributed by atoms with van der Waals surface area (Å²) in [7, 11) is -1.15. The fourth-order valence-corrected chi connectivity index (χ4v) is 6.69. The molecule has 0 aromatic carbocycles. The van der Waals surface area contributed by atoms with Crippen LogP contribution in [0.25, 0.3) is 0 Å². The van der Waals surface area contributed by atoms with Crippen molar-refractivity contribution in [2.24, 2.45) is 13.0 Å². The van der Waals surface area contributed by atoms with E-state index in [2.05, 4.69) is 20.8 Å². The van der Waals surface area contributed by atoms with Gasteiger partial charge in [0, 0.05) is 24.9 Å². The van der Waals surface area contributed by atoms with E-state index < -0.39 is 27.9 Å². The van der Waals surface area contributed by atoms with E-state index in [4.69, 9.17) is 9.15 Å². The number of nitrogens with zero attached hydrogens (tertiary/aromatic N) is 3. The average Bonchev–Trinajstić information content (AvgIpc) is 3.48. The zero-order chi connectivity index (χ0) is 23.6. The lowest BCUT2D eigenvalue weighted by Gasteiger charge is -2.27. The smallest absolute Gasteiger partial charge is 0.338 e. The maximum atomic E-state index is 12.7. The molecule has 0 aliphatic carbocycles. The Hall–Kier alpha value is -2.80. The van der Waals surface area contributed by atoms with Gasteiger partial charge in [0.05, 0.1) is 29.9 Å². The lowest BCUT2D eigenvalue weighted by molar-refractivity contribution is -0.139. The minimum absolute atomic E-state index is 0.0339. The molecule has 178 valence electrons. The van der Waals surface area contributed by atoms with E-state index in [-0.39, 0.29) is 35.4 Å². The molecule has 0 spiro atoms. The van der Waals surface area contributed by atoms with E-state index in [1.54, 1.807) is 19.1 Å². The molecule has 4 heterocycles. The summed E-state index contributed by atoms with van der Waals surface area (Å²) in [6.07, 6.45) is 2.62. The van der Waals surface area contributed by atoms with Gasteiger partial charge in [-0.05, 0) is 31.4 Å². The van der Waals surface area contributed by atoms with Crippen LogP contribution in [0.2, 0.25) is 0 Å². The number of sulfone groups is 1. The zero-order valence-electron chi connectivity index (χ0n) is 18.2. The maximum Gasteiger partial charge on any atom is 0.338 e. The summed E-state index contributed by atoms with van der Waals surface area (Å²) in [5.41, 5.74) is 0.660. The van der Waals surface area contributed by atoms with Crippen LogP contribution in [0.3, 0.4) is 0 Å². The summed E-state index contributed by atoms with van der Waals surface area (Å²) in [5.74, 6) is 1.22. The monoisotopic (exact) mass is 495 g/mol. The predicted octanol–water partition coefficient (Wildman–Crippen LogP) is 1.35. The number of esters is 1. The van der Waals surface area contributed by atoms with Crippen LogP contribution in [-0.4, -0.2) is 59.0 Å². The zero-order valence-corrected chi connectivity index (χ0v) is 19.9. The number of hydrogen-bond acceptors (Lipinski definition) is 9. The third-order valence-electron chi connectivity index (χ3n) is 5.55. The highest BCUT2D eigenvalue weighted by Gasteiger charge is 2.35. The Morgan fingerprint density at radius 2 is 2.21 bits per heavy atom. The molecule has 2 aromatic heterocycles. The number of rotatable bonds is 8. The van der Waals surface area contributed by atoms with E-state index in [1.165, 1.54) is 18.0 Å². The molecule has 2 aliphatic heterocycles. The number of nitrogens with one attached hydrogen (secondary N) is 2. The van der Waals surface area contributed by atoms with Crippen LogP contribution >= 0.6 is 11.8 Å². The Balaban J connectivity index is 1.54. The molecule has 1 saturated heterocycles. The van der Waals surface area contributed by atoms with Gasteiger partial charge in [-0.3, -0.25) is 0 Å². The predicted molar refractivity (Wildman–Crippen MR) is 119 cm³/mol. The van der Waals surface area contributed by atoms with Gasteiger partial charge in [0.2, 0.25) is 0 Å². The molecule has 2 atom stereocenters. The largest absolute Gasteiger partial charge is 0.467 e. The fraction of sp³-hybridized carbons (Fsp3) is 0.500. The van der Waals surface area contributed by atoms with E-state index >= 15 is 0 Å². The first-order valence-electron chi connectivity index (χ1n) is 10.5. The lowest BCUT2D eigenvalue weighted by Crippen LogP contribution is -2.46. The van der Waals surface area contributed by atoms with Crippen LogP contribution in [0.4, 0.5) is 4.79 Å². The highest BCUT2D eigenvalue weighted by Crippen LogP contribution is 2.31. The standard InChI is InChI=1S/C20H25N5O6S2/c1-3-30-18(26)16-13(21-19(27)22-17(16)14-5-4-7-31-14)10-32-20-24-23-15(25(20)2)9-12-6-8-33(28,29)11-12/h4-5,7,12,17H,3,6,8-11H2,1-2H3,(H2,21,22,27). The van der Waals surface area contributed by atoms with Crippen molar-refractivity contribution in [2.75, 3.05) is 23.9 Å². The number of furan rings is 1. The molecule has 0 bridgehead atoms. The van der Waals surface area contributed by atoms with E-state index in [9.17, 15) is 18.0 Å². The first kappa shape index (κ1) is 23.4. The van der Waals surface area contributed by atoms with Crippen molar-refractivity contribution in [3.8, 4) is 0 Å². The first-order chi connectivity index (χ1) is 15.8. The Labute approximate surface area is 195 Å². The number of urea groups is 1. The number of hydrogen-bond donors (Lipinski definition) is 2. The van der Waals surface area contributed by atoms with Crippen LogP contribution < -0.4 is 10.6 Å². The van der Waals surface area contributed by atoms with Gasteiger partial charge in [0.25, 0.3) is 0 Å². The first-order valence-corrected chi connectivity index (χ1v) is 13.3. The third kappa shape index (κ3) is 5.24. The molecular formula is C20H25N5O6S2. The van der Waals surface area contributed by atoms with Crippen molar-refractivity contribution in [1.82, 2.24) is 25.4 Å². The number of carbonyl (C=O) groups is 2. The second-order valence-electron chi connectivity index (χ2n) is 7.88. The summed E-state index contributed by atoms with van der Waals surface area (Å²) in [5, 5.41) is 14.4. The van der Waals surface area contributed by atoms with E-state index in [1.807, 2.05) is 11.6 Å². The fourth-order valence-electron chi connectivity index (χ4n) is 3.93. The van der Waals surface area contributed by atoms with E-state index in [0.29, 0.717) is 35.3 Å². The van der Waals surface area contributed by atoms with Crippen molar-refractivity contribution in [2.45, 2.75) is 31.0 Å². The Morgan fingerprint density at radius 3 is 2.88 bits per heavy atom. The molecule has 2 aliphatic rings. The van der Waals surface area contributed by atoms with Crippen LogP contribution in [0.5, 0.6) is 0 Å². The highest BCUT2D eigenvalue weighted by molar-refractivity contribution is 7.99. The summed E-state index contributed by atoms with van der Waals surface area (Å²) in [6.45, 7) is 1.89. The van der Waals surface area contributed by atoms with Gasteiger partial charge in [0.15, 0.2) is 15.0 Å². The topological polar surface area (TPSA) is 145 Å². The number of aromatic nitrogens is 3. The molecule has 0 saturated carbocycles. The van der Waals surface area contributed by atoms with Crippen molar-refractivity contribution < 1.29 is 27.2 Å². The van der Waals surface area contributed by atoms with Crippen LogP contribution in [0.15, 0.2) is 39.2 Å². The van der Waals surface area contributed by atoms with Crippen molar-refractivity contribution in [1.29, 1.82) is 0 Å². The molecule has 13 heteroatoms. The average molecular weight is 496 g/mol. The second kappa shape index (κ2) is 9.59. The molecule has 2 unspecified atom stereocenters. The van der Waals surface area contributed by atoms with Crippen molar-refractivity contribution in [3.63, 3.8) is 0 Å². The van der Waals surface area contributed by atoms with Gasteiger partial charge < -0.3 is 24.4 Å². The van der Waals surface area contributed by atoms with Crippen molar-refractivity contribution in [3.05, 3.63) is 41.3 Å². The Bertz CT molecular complexity index is 1170. The Morgan fingerprint density at radius 1 is 1.39 bits per heavy atom. The Kier molecular flexibility index (Phi) is 6.79. The molecule has 2 aromatic rings. The van der Waals surface area contributed by atoms with Crippen molar-refractivity contribution >= 4 is 33.6 Å². The summed E-state index contributed by atoms with van der Waals surface area (Å²) < 4.78 is 35.9. The number of ether oxygens (including phenoxy) is 1. The molecule has 2 amide bonds. The second-order valence-corrected chi connectivity index (χ2v) is 11.1. The molecule has 11 nitrogen and oxygen atoms in total. The lowest BCUT2D eigenvalue weighted by atomic mass is 10.0.